The first-order valence-corrected chi connectivity index (χ1v) is 17.9. The Bertz CT molecular complexity index is 2680. The average molecular weight is 953 g/mol. The average Bonchev–Trinajstić information content (AvgIpc) is 3.32. The summed E-state index contributed by atoms with van der Waals surface area (Å²) >= 11 is 0. The van der Waals surface area contributed by atoms with Crippen LogP contribution in [0.1, 0.15) is 21.5 Å². The number of halogens is 20. The molecule has 342 valence electrons. The Hall–Kier alpha value is -7.20. The molecule has 0 radical (unpaired) electrons. The summed E-state index contributed by atoms with van der Waals surface area (Å²) in [6, 6.07) is 23.4. The van der Waals surface area contributed by atoms with Crippen molar-refractivity contribution in [2.45, 2.75) is 6.54 Å². The molecule has 7 aromatic rings. The predicted molar refractivity (Wildman–Crippen MR) is 191 cm³/mol. The van der Waals surface area contributed by atoms with Crippen LogP contribution in [0, 0.1) is 116 Å². The van der Waals surface area contributed by atoms with Crippen molar-refractivity contribution in [3.63, 3.8) is 0 Å². The number of ketones is 1. The molecule has 0 fully saturated rings. The second-order valence-electron chi connectivity index (χ2n) is 13.7. The molecule has 0 aliphatic carbocycles. The summed E-state index contributed by atoms with van der Waals surface area (Å²) in [5.74, 6) is -71.3. The van der Waals surface area contributed by atoms with Gasteiger partial charge in [-0.2, -0.15) is 0 Å². The summed E-state index contributed by atoms with van der Waals surface area (Å²) in [7, 11) is 0. The molecule has 66 heavy (non-hydrogen) atoms. The Morgan fingerprint density at radius 1 is 0.318 bits per heavy atom. The lowest BCUT2D eigenvalue weighted by Crippen LogP contribution is -2.81. The summed E-state index contributed by atoms with van der Waals surface area (Å²) < 4.78 is 296. The van der Waals surface area contributed by atoms with Crippen molar-refractivity contribution in [1.82, 2.24) is 0 Å². The number of carbonyl (C=O) groups is 1. The number of carbonyl (C=O) groups excluding carboxylic acids is 1. The minimum absolute atomic E-state index is 0.0578. The van der Waals surface area contributed by atoms with Gasteiger partial charge in [-0.25, -0.2) is 92.4 Å². The number of aromatic nitrogens is 1. The zero-order valence-electron chi connectivity index (χ0n) is 31.8. The molecule has 2 nitrogen and oxygen atoms in total. The first-order valence-electron chi connectivity index (χ1n) is 17.9. The van der Waals surface area contributed by atoms with Crippen molar-refractivity contribution in [3.05, 3.63) is 218 Å². The monoisotopic (exact) mass is 953 g/mol. The Labute approximate surface area is 355 Å². The Morgan fingerprint density at radius 2 is 0.545 bits per heavy atom. The van der Waals surface area contributed by atoms with Gasteiger partial charge in [0.1, 0.15) is 52.7 Å². The van der Waals surface area contributed by atoms with E-state index in [2.05, 4.69) is 16.7 Å². The summed E-state index contributed by atoms with van der Waals surface area (Å²) in [5.41, 5.74) is -11.7. The van der Waals surface area contributed by atoms with E-state index in [0.29, 0.717) is 5.56 Å². The number of pyridine rings is 1. The fraction of sp³-hybridized carbons (Fsp3) is 0.0233. The van der Waals surface area contributed by atoms with Gasteiger partial charge in [0.2, 0.25) is 0 Å². The number of benzene rings is 6. The van der Waals surface area contributed by atoms with E-state index in [1.165, 1.54) is 5.56 Å². The van der Waals surface area contributed by atoms with E-state index in [1.54, 1.807) is 0 Å². The van der Waals surface area contributed by atoms with Crippen molar-refractivity contribution < 1.29 is 97.2 Å². The van der Waals surface area contributed by atoms with E-state index in [1.807, 2.05) is 73.1 Å². The van der Waals surface area contributed by atoms with Gasteiger partial charge in [0.05, 0.1) is 0 Å². The van der Waals surface area contributed by atoms with Gasteiger partial charge < -0.3 is 0 Å². The summed E-state index contributed by atoms with van der Waals surface area (Å²) in [6.07, 6.45) is -3.32. The molecule has 23 heteroatoms. The Morgan fingerprint density at radius 3 is 0.818 bits per heavy atom. The third-order valence-corrected chi connectivity index (χ3v) is 10.1. The molecule has 0 N–H and O–H groups in total. The third-order valence-electron chi connectivity index (χ3n) is 10.1. The highest BCUT2D eigenvalue weighted by molar-refractivity contribution is 7.20. The van der Waals surface area contributed by atoms with Crippen molar-refractivity contribution in [2.75, 3.05) is 0 Å². The largest absolute Gasteiger partial charge is 0.289 e. The van der Waals surface area contributed by atoms with Crippen LogP contribution in [-0.4, -0.2) is 11.9 Å². The second-order valence-corrected chi connectivity index (χ2v) is 13.7. The minimum atomic E-state index is -7.22. The molecule has 0 unspecified atom stereocenters. The smallest absolute Gasteiger partial charge is 0.200 e. The molecule has 1 aromatic heterocycles. The molecule has 0 aliphatic rings. The molecule has 0 atom stereocenters. The van der Waals surface area contributed by atoms with Crippen molar-refractivity contribution >= 4 is 33.8 Å². The van der Waals surface area contributed by atoms with Crippen LogP contribution >= 0.6 is 0 Å². The van der Waals surface area contributed by atoms with E-state index in [0.717, 1.165) is 12.1 Å². The van der Waals surface area contributed by atoms with Crippen LogP contribution in [0.3, 0.4) is 0 Å². The molecule has 6 aromatic carbocycles. The zero-order chi connectivity index (χ0) is 48.8. The lowest BCUT2D eigenvalue weighted by molar-refractivity contribution is -0.688. The van der Waals surface area contributed by atoms with Gasteiger partial charge in [-0.15, -0.1) is 21.9 Å². The van der Waals surface area contributed by atoms with Crippen molar-refractivity contribution in [1.29, 1.82) is 0 Å². The molecular weight excluding hydrogens is 937 g/mol. The van der Waals surface area contributed by atoms with Crippen LogP contribution < -0.4 is 26.4 Å². The zero-order valence-corrected chi connectivity index (χ0v) is 31.8. The van der Waals surface area contributed by atoms with Crippen LogP contribution in [0.5, 0.6) is 0 Å². The maximum absolute atomic E-state index is 15.4. The predicted octanol–water partition coefficient (Wildman–Crippen LogP) is 9.10. The molecule has 1 heterocycles. The van der Waals surface area contributed by atoms with Crippen molar-refractivity contribution in [2.24, 2.45) is 0 Å². The highest BCUT2D eigenvalue weighted by Gasteiger charge is 2.52. The van der Waals surface area contributed by atoms with Crippen LogP contribution in [0.15, 0.2) is 85.2 Å². The number of hydrogen-bond donors (Lipinski definition) is 0. The topological polar surface area (TPSA) is 20.9 Å². The van der Waals surface area contributed by atoms with Gasteiger partial charge in [-0.3, -0.25) is 4.79 Å². The van der Waals surface area contributed by atoms with Gasteiger partial charge in [0.25, 0.3) is 0 Å². The maximum Gasteiger partial charge on any atom is 0.200 e. The molecule has 0 aliphatic heterocycles. The third kappa shape index (κ3) is 7.78. The molecule has 0 bridgehead atoms. The fourth-order valence-electron chi connectivity index (χ4n) is 7.14. The fourth-order valence-corrected chi connectivity index (χ4v) is 7.14. The quantitative estimate of drug-likeness (QED) is 0.0372. The number of rotatable bonds is 8. The minimum Gasteiger partial charge on any atom is -0.289 e. The van der Waals surface area contributed by atoms with E-state index in [4.69, 9.17) is 0 Å². The highest BCUT2D eigenvalue weighted by Crippen LogP contribution is 2.31. The summed E-state index contributed by atoms with van der Waals surface area (Å²) in [5, 5.41) is 0. The van der Waals surface area contributed by atoms with Crippen LogP contribution in [0.4, 0.5) is 87.8 Å². The van der Waals surface area contributed by atoms with Gasteiger partial charge in [-0.1, -0.05) is 60.7 Å². The summed E-state index contributed by atoms with van der Waals surface area (Å²) in [6.45, 7) is 0.806. The van der Waals surface area contributed by atoms with Gasteiger partial charge in [0, 0.05) is 28.8 Å². The van der Waals surface area contributed by atoms with E-state index in [9.17, 15) is 57.5 Å². The maximum atomic E-state index is 15.4. The first kappa shape index (κ1) is 48.3. The lowest BCUT2D eigenvalue weighted by atomic mass is 9.12. The molecule has 0 saturated heterocycles. The molecule has 0 saturated carbocycles. The van der Waals surface area contributed by atoms with Crippen LogP contribution in [-0.2, 0) is 6.54 Å². The van der Waals surface area contributed by atoms with Crippen LogP contribution in [0.2, 0.25) is 0 Å². The first-order chi connectivity index (χ1) is 31.0. The highest BCUT2D eigenvalue weighted by atomic mass is 19.2. The summed E-state index contributed by atoms with van der Waals surface area (Å²) in [4.78, 5) is 12.3. The van der Waals surface area contributed by atoms with Gasteiger partial charge in [0.15, 0.2) is 94.5 Å². The standard InChI is InChI=1S/C24BF20.C19H16NO/c26-5-1(6(27)14(35)21(42)13(5)34)25(2-7(28)15(36)22(43)16(37)8(2)29,3-9(30)17(38)23(44)18(39)10(3)31)4-11(32)19(40)24(45)20(41)12(4)33;21-19(17-9-5-2-6-10-17)18-11-13-20(14-12-18)15-16-7-3-1-4-8-16/h;1-14H,15H2/q-1;+1. The van der Waals surface area contributed by atoms with E-state index >= 15 is 35.1 Å². The molecular formula is C43H16BF20NO. The number of nitrogens with zero attached hydrogens (tertiary/aromatic N) is 1. The Kier molecular flexibility index (Phi) is 13.4. The van der Waals surface area contributed by atoms with E-state index < -0.39 is 144 Å². The lowest BCUT2D eigenvalue weighted by Gasteiger charge is -2.44. The SMILES string of the molecule is Fc1c(F)c(F)c([B-](c2c(F)c(F)c(F)c(F)c2F)(c2c(F)c(F)c(F)c(F)c2F)c2c(F)c(F)c(F)c(F)c2F)c(F)c1F.O=C(c1ccccc1)c1cc[n+](Cc2ccccc2)cc1. The Balaban J connectivity index is 0.000000284. The van der Waals surface area contributed by atoms with Crippen molar-refractivity contribution in [3.8, 4) is 0 Å². The van der Waals surface area contributed by atoms with Gasteiger partial charge >= 0.3 is 0 Å². The molecule has 0 amide bonds. The normalized spacial score (nSPS) is 11.5. The van der Waals surface area contributed by atoms with E-state index in [-0.39, 0.29) is 5.78 Å². The molecule has 7 rings (SSSR count). The second kappa shape index (κ2) is 18.4. The van der Waals surface area contributed by atoms with Gasteiger partial charge in [-0.05, 0) is 0 Å². The van der Waals surface area contributed by atoms with Crippen LogP contribution in [0.25, 0.3) is 0 Å². The number of hydrogen-bond acceptors (Lipinski definition) is 1. The molecule has 0 spiro atoms.